The number of hydrogen-bond donors (Lipinski definition) is 3. The molecule has 0 atom stereocenters. The second kappa shape index (κ2) is 7.68. The summed E-state index contributed by atoms with van der Waals surface area (Å²) in [6.45, 7) is 6.57. The Morgan fingerprint density at radius 2 is 1.56 bits per heavy atom. The van der Waals surface area contributed by atoms with Gasteiger partial charge in [0.05, 0.1) is 15.8 Å². The van der Waals surface area contributed by atoms with Crippen molar-refractivity contribution in [3.05, 3.63) is 78.4 Å². The Balaban J connectivity index is 1.59. The van der Waals surface area contributed by atoms with Crippen molar-refractivity contribution < 1.29 is 18.1 Å². The van der Waals surface area contributed by atoms with Crippen molar-refractivity contribution >= 4 is 31.9 Å². The summed E-state index contributed by atoms with van der Waals surface area (Å²) in [6, 6.07) is 22.4. The number of H-pyrrole nitrogens is 1. The first-order valence-corrected chi connectivity index (χ1v) is 12.3. The molecule has 7 heteroatoms. The number of imidazole rings is 1. The van der Waals surface area contributed by atoms with Crippen LogP contribution in [0.5, 0.6) is 5.75 Å². The third-order valence-electron chi connectivity index (χ3n) is 6.04. The number of fused-ring (bicyclic) bond motifs is 3. The third-order valence-corrected chi connectivity index (χ3v) is 6.87. The van der Waals surface area contributed by atoms with Crippen LogP contribution in [0.2, 0.25) is 0 Å². The van der Waals surface area contributed by atoms with E-state index in [1.54, 1.807) is 12.1 Å². The Bertz CT molecular complexity index is 1660. The SMILES string of the molecule is CC(C)(C)c1ccc(-c2cccc(-c3nc4c(ccc5cc(S(=O)(=O)O)cc(O)c54)[nH]3)c2)cc1. The van der Waals surface area contributed by atoms with E-state index >= 15 is 0 Å². The van der Waals surface area contributed by atoms with Crippen LogP contribution in [0.1, 0.15) is 26.3 Å². The van der Waals surface area contributed by atoms with Crippen molar-refractivity contribution in [3.63, 3.8) is 0 Å². The number of hydrogen-bond acceptors (Lipinski definition) is 4. The molecule has 0 saturated heterocycles. The van der Waals surface area contributed by atoms with E-state index in [0.717, 1.165) is 22.8 Å². The molecule has 1 aromatic heterocycles. The fourth-order valence-electron chi connectivity index (χ4n) is 4.18. The van der Waals surface area contributed by atoms with Gasteiger partial charge in [-0.1, -0.05) is 69.3 Å². The Morgan fingerprint density at radius 3 is 2.24 bits per heavy atom. The van der Waals surface area contributed by atoms with Gasteiger partial charge in [0.2, 0.25) is 0 Å². The molecule has 0 amide bonds. The molecule has 0 aliphatic rings. The zero-order valence-electron chi connectivity index (χ0n) is 19.0. The smallest absolute Gasteiger partial charge is 0.294 e. The van der Waals surface area contributed by atoms with Crippen LogP contribution < -0.4 is 0 Å². The molecule has 4 aromatic carbocycles. The number of aromatic hydroxyl groups is 1. The molecule has 0 aliphatic heterocycles. The van der Waals surface area contributed by atoms with Gasteiger partial charge in [-0.15, -0.1) is 0 Å². The van der Waals surface area contributed by atoms with Gasteiger partial charge in [-0.2, -0.15) is 8.42 Å². The van der Waals surface area contributed by atoms with Crippen molar-refractivity contribution in [1.82, 2.24) is 9.97 Å². The predicted molar refractivity (Wildman–Crippen MR) is 135 cm³/mol. The molecular weight excluding hydrogens is 448 g/mol. The average Bonchev–Trinajstić information content (AvgIpc) is 3.22. The molecular formula is C27H24N2O4S. The maximum atomic E-state index is 11.5. The minimum absolute atomic E-state index is 0.0884. The van der Waals surface area contributed by atoms with Gasteiger partial charge >= 0.3 is 0 Å². The molecule has 34 heavy (non-hydrogen) atoms. The van der Waals surface area contributed by atoms with Gasteiger partial charge in [0.25, 0.3) is 10.1 Å². The zero-order chi connectivity index (χ0) is 24.3. The standard InChI is InChI=1S/C27H24N2O4S/c1-27(2,3)20-10-7-16(8-11-20)17-5-4-6-19(13-17)26-28-22-12-9-18-14-21(34(31,32)33)15-23(30)24(18)25(22)29-26/h4-15,30H,1-3H3,(H,28,29)(H,31,32,33). The van der Waals surface area contributed by atoms with Crippen molar-refractivity contribution in [2.75, 3.05) is 0 Å². The Kier molecular flexibility index (Phi) is 5.00. The highest BCUT2D eigenvalue weighted by molar-refractivity contribution is 7.85. The number of nitrogens with one attached hydrogen (secondary N) is 1. The molecule has 1 heterocycles. The molecule has 0 radical (unpaired) electrons. The minimum Gasteiger partial charge on any atom is -0.507 e. The van der Waals surface area contributed by atoms with Crippen LogP contribution in [0.3, 0.4) is 0 Å². The van der Waals surface area contributed by atoms with Gasteiger partial charge in [-0.3, -0.25) is 4.55 Å². The minimum atomic E-state index is -4.44. The number of benzene rings is 4. The van der Waals surface area contributed by atoms with Crippen LogP contribution >= 0.6 is 0 Å². The number of aromatic amines is 1. The third kappa shape index (κ3) is 3.93. The number of rotatable bonds is 3. The molecule has 172 valence electrons. The molecule has 0 spiro atoms. The molecule has 0 aliphatic carbocycles. The number of aromatic nitrogens is 2. The van der Waals surface area contributed by atoms with E-state index in [1.807, 2.05) is 12.1 Å². The quantitative estimate of drug-likeness (QED) is 0.267. The van der Waals surface area contributed by atoms with E-state index in [4.69, 9.17) is 4.98 Å². The summed E-state index contributed by atoms with van der Waals surface area (Å²) in [5, 5.41) is 11.4. The van der Waals surface area contributed by atoms with Gasteiger partial charge in [-0.05, 0) is 45.7 Å². The second-order valence-corrected chi connectivity index (χ2v) is 10.9. The largest absolute Gasteiger partial charge is 0.507 e. The molecule has 0 unspecified atom stereocenters. The molecule has 0 fully saturated rings. The van der Waals surface area contributed by atoms with E-state index in [1.165, 1.54) is 11.6 Å². The lowest BCUT2D eigenvalue weighted by molar-refractivity contribution is 0.471. The van der Waals surface area contributed by atoms with E-state index in [-0.39, 0.29) is 16.1 Å². The molecule has 5 rings (SSSR count). The highest BCUT2D eigenvalue weighted by Crippen LogP contribution is 2.35. The van der Waals surface area contributed by atoms with Crippen molar-refractivity contribution in [1.29, 1.82) is 0 Å². The van der Waals surface area contributed by atoms with Gasteiger partial charge in [0.15, 0.2) is 0 Å². The molecule has 6 nitrogen and oxygen atoms in total. The Morgan fingerprint density at radius 1 is 0.853 bits per heavy atom. The molecule has 5 aromatic rings. The van der Waals surface area contributed by atoms with E-state index in [2.05, 4.69) is 62.2 Å². The predicted octanol–water partition coefficient (Wildman–Crippen LogP) is 6.30. The highest BCUT2D eigenvalue weighted by Gasteiger charge is 2.17. The Labute approximate surface area is 197 Å². The Hall–Kier alpha value is -3.68. The topological polar surface area (TPSA) is 103 Å². The van der Waals surface area contributed by atoms with Gasteiger partial charge in [-0.25, -0.2) is 4.98 Å². The fraction of sp³-hybridized carbons (Fsp3) is 0.148. The summed E-state index contributed by atoms with van der Waals surface area (Å²) >= 11 is 0. The van der Waals surface area contributed by atoms with Crippen LogP contribution in [0.25, 0.3) is 44.3 Å². The van der Waals surface area contributed by atoms with E-state index in [9.17, 15) is 18.1 Å². The maximum Gasteiger partial charge on any atom is 0.294 e. The lowest BCUT2D eigenvalue weighted by Crippen LogP contribution is -2.10. The van der Waals surface area contributed by atoms with Crippen LogP contribution in [0.15, 0.2) is 77.7 Å². The first kappa shape index (κ1) is 22.1. The summed E-state index contributed by atoms with van der Waals surface area (Å²) in [5.41, 5.74) is 5.63. The van der Waals surface area contributed by atoms with Crippen molar-refractivity contribution in [3.8, 4) is 28.3 Å². The van der Waals surface area contributed by atoms with Crippen LogP contribution in [-0.4, -0.2) is 28.0 Å². The van der Waals surface area contributed by atoms with Gasteiger partial charge in [0.1, 0.15) is 17.1 Å². The maximum absolute atomic E-state index is 11.5. The summed E-state index contributed by atoms with van der Waals surface area (Å²) < 4.78 is 32.4. The van der Waals surface area contributed by atoms with Crippen molar-refractivity contribution in [2.45, 2.75) is 31.1 Å². The average molecular weight is 473 g/mol. The number of phenolic OH excluding ortho intramolecular Hbond substituents is 1. The first-order chi connectivity index (χ1) is 16.0. The number of phenols is 1. The van der Waals surface area contributed by atoms with Gasteiger partial charge < -0.3 is 10.1 Å². The fourth-order valence-corrected chi connectivity index (χ4v) is 4.71. The van der Waals surface area contributed by atoms with E-state index in [0.29, 0.717) is 27.6 Å². The van der Waals surface area contributed by atoms with Gasteiger partial charge in [0, 0.05) is 11.6 Å². The summed E-state index contributed by atoms with van der Waals surface area (Å²) in [6.07, 6.45) is 0. The summed E-state index contributed by atoms with van der Waals surface area (Å²) in [4.78, 5) is 7.65. The summed E-state index contributed by atoms with van der Waals surface area (Å²) in [5.74, 6) is 0.371. The molecule has 3 N–H and O–H groups in total. The normalized spacial score (nSPS) is 12.5. The zero-order valence-corrected chi connectivity index (χ0v) is 19.8. The van der Waals surface area contributed by atoms with Crippen molar-refractivity contribution in [2.24, 2.45) is 0 Å². The highest BCUT2D eigenvalue weighted by atomic mass is 32.2. The summed E-state index contributed by atoms with van der Waals surface area (Å²) in [7, 11) is -4.44. The van der Waals surface area contributed by atoms with E-state index < -0.39 is 10.1 Å². The number of nitrogens with zero attached hydrogens (tertiary/aromatic N) is 1. The monoisotopic (exact) mass is 472 g/mol. The first-order valence-electron chi connectivity index (χ1n) is 10.8. The lowest BCUT2D eigenvalue weighted by atomic mass is 9.86. The van der Waals surface area contributed by atoms with Crippen LogP contribution in [-0.2, 0) is 15.5 Å². The molecule has 0 saturated carbocycles. The van der Waals surface area contributed by atoms with Crippen LogP contribution in [0.4, 0.5) is 0 Å². The van der Waals surface area contributed by atoms with Crippen LogP contribution in [0, 0.1) is 0 Å². The lowest BCUT2D eigenvalue weighted by Gasteiger charge is -2.19. The molecule has 0 bridgehead atoms. The second-order valence-electron chi connectivity index (χ2n) is 9.47.